The Morgan fingerprint density at radius 2 is 2.11 bits per heavy atom. The fourth-order valence-electron chi connectivity index (χ4n) is 1.52. The number of benzene rings is 1. The van der Waals surface area contributed by atoms with Crippen LogP contribution < -0.4 is 5.73 Å². The average Bonchev–Trinajstić information content (AvgIpc) is 2.34. The van der Waals surface area contributed by atoms with Gasteiger partial charge >= 0.3 is 0 Å². The molecular formula is C15H20N2O. The second-order valence-electron chi connectivity index (χ2n) is 4.56. The summed E-state index contributed by atoms with van der Waals surface area (Å²) >= 11 is 0. The van der Waals surface area contributed by atoms with E-state index in [0.29, 0.717) is 12.1 Å². The van der Waals surface area contributed by atoms with E-state index in [9.17, 15) is 4.79 Å². The van der Waals surface area contributed by atoms with E-state index in [4.69, 9.17) is 5.73 Å². The van der Waals surface area contributed by atoms with Gasteiger partial charge in [0.25, 0.3) is 5.91 Å². The number of hydrogen-bond donors (Lipinski definition) is 1. The molecule has 18 heavy (non-hydrogen) atoms. The van der Waals surface area contributed by atoms with Gasteiger partial charge in [0.05, 0.1) is 12.1 Å². The third kappa shape index (κ3) is 3.35. The van der Waals surface area contributed by atoms with Crippen LogP contribution in [0.15, 0.2) is 18.2 Å². The minimum absolute atomic E-state index is 0.00804. The minimum atomic E-state index is -0.00804. The predicted octanol–water partition coefficient (Wildman–Crippen LogP) is 1.79. The van der Waals surface area contributed by atoms with Crippen LogP contribution in [0.5, 0.6) is 0 Å². The molecule has 0 spiro atoms. The molecule has 0 aliphatic carbocycles. The van der Waals surface area contributed by atoms with Gasteiger partial charge in [-0.25, -0.2) is 0 Å². The lowest BCUT2D eigenvalue weighted by Gasteiger charge is -2.22. The molecular weight excluding hydrogens is 224 g/mol. The van der Waals surface area contributed by atoms with Gasteiger partial charge in [0, 0.05) is 18.7 Å². The summed E-state index contributed by atoms with van der Waals surface area (Å²) in [4.78, 5) is 14.0. The molecule has 0 atom stereocenters. The second-order valence-corrected chi connectivity index (χ2v) is 4.56. The van der Waals surface area contributed by atoms with Crippen LogP contribution in [0.3, 0.4) is 0 Å². The van der Waals surface area contributed by atoms with Gasteiger partial charge < -0.3 is 10.6 Å². The van der Waals surface area contributed by atoms with Crippen molar-refractivity contribution in [1.29, 1.82) is 0 Å². The third-order valence-corrected chi connectivity index (χ3v) is 2.83. The maximum atomic E-state index is 12.3. The van der Waals surface area contributed by atoms with Crippen LogP contribution in [0.4, 0.5) is 0 Å². The molecule has 1 aromatic carbocycles. The number of carbonyl (C=O) groups excluding carboxylic acids is 1. The van der Waals surface area contributed by atoms with Gasteiger partial charge in [-0.15, -0.1) is 0 Å². The maximum absolute atomic E-state index is 12.3. The highest BCUT2D eigenvalue weighted by atomic mass is 16.2. The zero-order valence-corrected chi connectivity index (χ0v) is 11.4. The molecule has 0 radical (unpaired) electrons. The fourth-order valence-corrected chi connectivity index (χ4v) is 1.52. The van der Waals surface area contributed by atoms with E-state index in [1.807, 2.05) is 39.0 Å². The first-order valence-corrected chi connectivity index (χ1v) is 6.04. The largest absolute Gasteiger partial charge is 0.339 e. The van der Waals surface area contributed by atoms with Gasteiger partial charge in [-0.2, -0.15) is 0 Å². The van der Waals surface area contributed by atoms with Crippen molar-refractivity contribution >= 4 is 5.91 Å². The van der Waals surface area contributed by atoms with E-state index in [1.54, 1.807) is 11.9 Å². The SMILES string of the molecule is Cc1ccc(C(=O)N(C)C(C)C)c(C#CCN)c1. The Morgan fingerprint density at radius 3 is 2.67 bits per heavy atom. The summed E-state index contributed by atoms with van der Waals surface area (Å²) in [5.41, 5.74) is 7.85. The normalized spacial score (nSPS) is 9.89. The molecule has 0 fully saturated rings. The molecule has 2 N–H and O–H groups in total. The van der Waals surface area contributed by atoms with Crippen LogP contribution in [0.1, 0.15) is 35.3 Å². The van der Waals surface area contributed by atoms with E-state index < -0.39 is 0 Å². The first-order chi connectivity index (χ1) is 8.47. The van der Waals surface area contributed by atoms with Crippen molar-refractivity contribution in [3.8, 4) is 11.8 Å². The predicted molar refractivity (Wildman–Crippen MR) is 74.3 cm³/mol. The molecule has 0 saturated heterocycles. The summed E-state index contributed by atoms with van der Waals surface area (Å²) < 4.78 is 0. The number of carbonyl (C=O) groups is 1. The van der Waals surface area contributed by atoms with Crippen LogP contribution in [-0.4, -0.2) is 30.4 Å². The zero-order valence-electron chi connectivity index (χ0n) is 11.4. The number of aryl methyl sites for hydroxylation is 1. The minimum Gasteiger partial charge on any atom is -0.339 e. The molecule has 0 aromatic heterocycles. The Bertz CT molecular complexity index is 495. The van der Waals surface area contributed by atoms with Crippen molar-refractivity contribution < 1.29 is 4.79 Å². The van der Waals surface area contributed by atoms with Gasteiger partial charge in [0.15, 0.2) is 0 Å². The van der Waals surface area contributed by atoms with Gasteiger partial charge in [-0.1, -0.05) is 17.9 Å². The highest BCUT2D eigenvalue weighted by Gasteiger charge is 2.17. The summed E-state index contributed by atoms with van der Waals surface area (Å²) in [6.07, 6.45) is 0. The Kier molecular flexibility index (Phi) is 4.94. The molecule has 0 unspecified atom stereocenters. The Hall–Kier alpha value is -1.79. The molecule has 0 aliphatic rings. The number of nitrogens with two attached hydrogens (primary N) is 1. The van der Waals surface area contributed by atoms with Crippen molar-refractivity contribution in [3.05, 3.63) is 34.9 Å². The molecule has 96 valence electrons. The van der Waals surface area contributed by atoms with E-state index in [0.717, 1.165) is 11.1 Å². The van der Waals surface area contributed by atoms with Crippen LogP contribution in [0, 0.1) is 18.8 Å². The Morgan fingerprint density at radius 1 is 1.44 bits per heavy atom. The van der Waals surface area contributed by atoms with E-state index in [2.05, 4.69) is 11.8 Å². The summed E-state index contributed by atoms with van der Waals surface area (Å²) in [6.45, 7) is 6.24. The van der Waals surface area contributed by atoms with Gasteiger partial charge in [-0.05, 0) is 38.5 Å². The molecule has 3 heteroatoms. The molecule has 1 amide bonds. The molecule has 3 nitrogen and oxygen atoms in total. The van der Waals surface area contributed by atoms with Crippen molar-refractivity contribution in [1.82, 2.24) is 4.90 Å². The van der Waals surface area contributed by atoms with Crippen molar-refractivity contribution in [2.45, 2.75) is 26.8 Å². The van der Waals surface area contributed by atoms with Crippen LogP contribution >= 0.6 is 0 Å². The Balaban J connectivity index is 3.19. The van der Waals surface area contributed by atoms with E-state index >= 15 is 0 Å². The van der Waals surface area contributed by atoms with Crippen LogP contribution in [0.25, 0.3) is 0 Å². The lowest BCUT2D eigenvalue weighted by atomic mass is 10.0. The first-order valence-electron chi connectivity index (χ1n) is 6.04. The van der Waals surface area contributed by atoms with Crippen LogP contribution in [-0.2, 0) is 0 Å². The zero-order chi connectivity index (χ0) is 13.7. The lowest BCUT2D eigenvalue weighted by molar-refractivity contribution is 0.0754. The van der Waals surface area contributed by atoms with Gasteiger partial charge in [0.1, 0.15) is 0 Å². The lowest BCUT2D eigenvalue weighted by Crippen LogP contribution is -2.33. The number of amides is 1. The van der Waals surface area contributed by atoms with Crippen LogP contribution in [0.2, 0.25) is 0 Å². The smallest absolute Gasteiger partial charge is 0.255 e. The van der Waals surface area contributed by atoms with Gasteiger partial charge in [-0.3, -0.25) is 4.79 Å². The molecule has 0 aliphatic heterocycles. The topological polar surface area (TPSA) is 46.3 Å². The highest BCUT2D eigenvalue weighted by molar-refractivity contribution is 5.96. The summed E-state index contributed by atoms with van der Waals surface area (Å²) in [6, 6.07) is 5.84. The molecule has 0 heterocycles. The molecule has 1 rings (SSSR count). The Labute approximate surface area is 109 Å². The standard InChI is InChI=1S/C15H20N2O/c1-11(2)17(4)15(18)14-8-7-12(3)10-13(14)6-5-9-16/h7-8,10-11H,9,16H2,1-4H3. The van der Waals surface area contributed by atoms with E-state index in [-0.39, 0.29) is 11.9 Å². The summed E-state index contributed by atoms with van der Waals surface area (Å²) in [7, 11) is 1.80. The molecule has 1 aromatic rings. The summed E-state index contributed by atoms with van der Waals surface area (Å²) in [5.74, 6) is 5.76. The maximum Gasteiger partial charge on any atom is 0.255 e. The molecule has 0 bridgehead atoms. The molecule has 0 saturated carbocycles. The quantitative estimate of drug-likeness (QED) is 0.806. The van der Waals surface area contributed by atoms with Gasteiger partial charge in [0.2, 0.25) is 0 Å². The number of rotatable bonds is 2. The third-order valence-electron chi connectivity index (χ3n) is 2.83. The van der Waals surface area contributed by atoms with Crippen molar-refractivity contribution in [2.24, 2.45) is 5.73 Å². The monoisotopic (exact) mass is 244 g/mol. The number of hydrogen-bond acceptors (Lipinski definition) is 2. The van der Waals surface area contributed by atoms with Crippen molar-refractivity contribution in [3.63, 3.8) is 0 Å². The van der Waals surface area contributed by atoms with E-state index in [1.165, 1.54) is 0 Å². The number of nitrogens with zero attached hydrogens (tertiary/aromatic N) is 1. The van der Waals surface area contributed by atoms with Crippen molar-refractivity contribution in [2.75, 3.05) is 13.6 Å². The fraction of sp³-hybridized carbons (Fsp3) is 0.400. The summed E-state index contributed by atoms with van der Waals surface area (Å²) in [5, 5.41) is 0. The highest BCUT2D eigenvalue weighted by Crippen LogP contribution is 2.14. The average molecular weight is 244 g/mol. The first kappa shape index (κ1) is 14.3. The second kappa shape index (κ2) is 6.23.